The Morgan fingerprint density at radius 1 is 0.828 bits per heavy atom. The Bertz CT molecular complexity index is 1130. The first-order chi connectivity index (χ1) is 14.1. The van der Waals surface area contributed by atoms with Crippen LogP contribution in [0.25, 0.3) is 22.9 Å². The number of benzene rings is 3. The molecule has 0 saturated heterocycles. The van der Waals surface area contributed by atoms with E-state index in [2.05, 4.69) is 15.5 Å². The number of amides is 1. The zero-order valence-corrected chi connectivity index (χ0v) is 16.3. The molecule has 144 valence electrons. The average molecular weight is 383 g/mol. The van der Waals surface area contributed by atoms with Crippen LogP contribution in [0.4, 0.5) is 0 Å². The topological polar surface area (TPSA) is 68.0 Å². The van der Waals surface area contributed by atoms with Crippen LogP contribution >= 0.6 is 0 Å². The molecule has 1 aromatic heterocycles. The molecule has 0 unspecified atom stereocenters. The first-order valence-corrected chi connectivity index (χ1v) is 9.44. The van der Waals surface area contributed by atoms with Crippen molar-refractivity contribution in [2.75, 3.05) is 0 Å². The zero-order valence-electron chi connectivity index (χ0n) is 16.3. The van der Waals surface area contributed by atoms with E-state index >= 15 is 0 Å². The molecule has 0 radical (unpaired) electrons. The van der Waals surface area contributed by atoms with Gasteiger partial charge in [-0.2, -0.15) is 0 Å². The molecule has 0 atom stereocenters. The molecule has 0 bridgehead atoms. The molecule has 1 heterocycles. The quantitative estimate of drug-likeness (QED) is 0.529. The molecule has 0 aliphatic carbocycles. The number of rotatable bonds is 5. The van der Waals surface area contributed by atoms with Crippen molar-refractivity contribution in [3.05, 3.63) is 95.1 Å². The summed E-state index contributed by atoms with van der Waals surface area (Å²) in [6.07, 6.45) is 0. The molecule has 1 N–H and O–H groups in total. The molecule has 29 heavy (non-hydrogen) atoms. The van der Waals surface area contributed by atoms with Gasteiger partial charge in [-0.1, -0.05) is 42.0 Å². The fourth-order valence-electron chi connectivity index (χ4n) is 3.00. The van der Waals surface area contributed by atoms with Crippen molar-refractivity contribution in [2.45, 2.75) is 20.4 Å². The van der Waals surface area contributed by atoms with Crippen molar-refractivity contribution in [3.8, 4) is 22.9 Å². The lowest BCUT2D eigenvalue weighted by Crippen LogP contribution is -2.23. The number of carbonyl (C=O) groups excluding carboxylic acids is 1. The first-order valence-electron chi connectivity index (χ1n) is 9.44. The van der Waals surface area contributed by atoms with Crippen LogP contribution in [0, 0.1) is 13.8 Å². The fraction of sp³-hybridized carbons (Fsp3) is 0.125. The van der Waals surface area contributed by atoms with Gasteiger partial charge in [0.2, 0.25) is 11.8 Å². The van der Waals surface area contributed by atoms with E-state index in [1.807, 2.05) is 74.5 Å². The monoisotopic (exact) mass is 383 g/mol. The summed E-state index contributed by atoms with van der Waals surface area (Å²) in [6.45, 7) is 4.56. The second-order valence-corrected chi connectivity index (χ2v) is 6.96. The largest absolute Gasteiger partial charge is 0.416 e. The highest BCUT2D eigenvalue weighted by molar-refractivity contribution is 5.94. The van der Waals surface area contributed by atoms with Gasteiger partial charge in [0.25, 0.3) is 5.91 Å². The molecule has 3 aromatic carbocycles. The van der Waals surface area contributed by atoms with Gasteiger partial charge in [-0.3, -0.25) is 4.79 Å². The third-order valence-corrected chi connectivity index (χ3v) is 4.82. The van der Waals surface area contributed by atoms with Gasteiger partial charge in [0.1, 0.15) is 0 Å². The minimum absolute atomic E-state index is 0.120. The van der Waals surface area contributed by atoms with E-state index in [9.17, 15) is 4.79 Å². The van der Waals surface area contributed by atoms with Crippen LogP contribution in [-0.2, 0) is 6.54 Å². The normalized spacial score (nSPS) is 10.7. The lowest BCUT2D eigenvalue weighted by molar-refractivity contribution is 0.0951. The van der Waals surface area contributed by atoms with Crippen LogP contribution in [-0.4, -0.2) is 16.1 Å². The number of carbonyl (C=O) groups is 1. The van der Waals surface area contributed by atoms with E-state index < -0.39 is 0 Å². The Hall–Kier alpha value is -3.73. The standard InChI is InChI=1S/C24H21N3O2/c1-16-7-9-19(10-8-16)23-26-27-24(29-23)20-13-11-18(12-14-20)22(28)25-15-21-6-4-3-5-17(21)2/h3-14H,15H2,1-2H3,(H,25,28). The van der Waals surface area contributed by atoms with E-state index in [1.54, 1.807) is 12.1 Å². The number of nitrogens with zero attached hydrogens (tertiary/aromatic N) is 2. The summed E-state index contributed by atoms with van der Waals surface area (Å²) in [4.78, 5) is 12.4. The number of hydrogen-bond acceptors (Lipinski definition) is 4. The van der Waals surface area contributed by atoms with Gasteiger partial charge < -0.3 is 9.73 Å². The van der Waals surface area contributed by atoms with Gasteiger partial charge in [0.05, 0.1) is 0 Å². The Kier molecular flexibility index (Phi) is 5.20. The number of aromatic nitrogens is 2. The Labute approximate surface area is 169 Å². The molecule has 4 rings (SSSR count). The van der Waals surface area contributed by atoms with Crippen molar-refractivity contribution < 1.29 is 9.21 Å². The molecule has 0 fully saturated rings. The van der Waals surface area contributed by atoms with Crippen LogP contribution in [0.3, 0.4) is 0 Å². The van der Waals surface area contributed by atoms with Gasteiger partial charge in [0.15, 0.2) is 0 Å². The zero-order chi connectivity index (χ0) is 20.2. The highest BCUT2D eigenvalue weighted by Gasteiger charge is 2.12. The second-order valence-electron chi connectivity index (χ2n) is 6.96. The molecule has 0 saturated carbocycles. The maximum absolute atomic E-state index is 12.4. The van der Waals surface area contributed by atoms with Crippen LogP contribution < -0.4 is 5.32 Å². The lowest BCUT2D eigenvalue weighted by atomic mass is 10.1. The molecule has 5 nitrogen and oxygen atoms in total. The first kappa shape index (κ1) is 18.6. The van der Waals surface area contributed by atoms with Crippen LogP contribution in [0.2, 0.25) is 0 Å². The van der Waals surface area contributed by atoms with Gasteiger partial charge >= 0.3 is 0 Å². The summed E-state index contributed by atoms with van der Waals surface area (Å²) in [5.74, 6) is 0.776. The van der Waals surface area contributed by atoms with E-state index in [0.717, 1.165) is 22.3 Å². The van der Waals surface area contributed by atoms with Gasteiger partial charge in [-0.15, -0.1) is 10.2 Å². The van der Waals surface area contributed by atoms with Crippen molar-refractivity contribution in [1.82, 2.24) is 15.5 Å². The third-order valence-electron chi connectivity index (χ3n) is 4.82. The number of hydrogen-bond donors (Lipinski definition) is 1. The van der Waals surface area contributed by atoms with Crippen LogP contribution in [0.15, 0.2) is 77.2 Å². The summed E-state index contributed by atoms with van der Waals surface area (Å²) in [5, 5.41) is 11.2. The van der Waals surface area contributed by atoms with E-state index in [-0.39, 0.29) is 5.91 Å². The Morgan fingerprint density at radius 2 is 1.41 bits per heavy atom. The minimum Gasteiger partial charge on any atom is -0.416 e. The maximum Gasteiger partial charge on any atom is 0.251 e. The highest BCUT2D eigenvalue weighted by Crippen LogP contribution is 2.24. The lowest BCUT2D eigenvalue weighted by Gasteiger charge is -2.08. The van der Waals surface area contributed by atoms with E-state index in [4.69, 9.17) is 4.42 Å². The SMILES string of the molecule is Cc1ccc(-c2nnc(-c3ccc(C(=O)NCc4ccccc4C)cc3)o2)cc1. The predicted molar refractivity (Wildman–Crippen MR) is 112 cm³/mol. The fourth-order valence-corrected chi connectivity index (χ4v) is 3.00. The minimum atomic E-state index is -0.120. The summed E-state index contributed by atoms with van der Waals surface area (Å²) >= 11 is 0. The van der Waals surface area contributed by atoms with Gasteiger partial charge in [-0.05, 0) is 61.4 Å². The van der Waals surface area contributed by atoms with Gasteiger partial charge in [-0.25, -0.2) is 0 Å². The Balaban J connectivity index is 1.44. The van der Waals surface area contributed by atoms with Crippen molar-refractivity contribution in [2.24, 2.45) is 0 Å². The second kappa shape index (κ2) is 8.10. The molecular weight excluding hydrogens is 362 g/mol. The molecular formula is C24H21N3O2. The molecule has 0 spiro atoms. The van der Waals surface area contributed by atoms with E-state index in [1.165, 1.54) is 5.56 Å². The predicted octanol–water partition coefficient (Wildman–Crippen LogP) is 4.95. The molecule has 4 aromatic rings. The van der Waals surface area contributed by atoms with Crippen molar-refractivity contribution in [1.29, 1.82) is 0 Å². The number of nitrogens with one attached hydrogen (secondary N) is 1. The smallest absolute Gasteiger partial charge is 0.251 e. The summed E-state index contributed by atoms with van der Waals surface area (Å²) in [7, 11) is 0. The molecule has 1 amide bonds. The number of aryl methyl sites for hydroxylation is 2. The third kappa shape index (κ3) is 4.24. The highest BCUT2D eigenvalue weighted by atomic mass is 16.4. The van der Waals surface area contributed by atoms with E-state index in [0.29, 0.717) is 23.9 Å². The molecule has 0 aliphatic heterocycles. The average Bonchev–Trinajstić information content (AvgIpc) is 3.24. The summed E-state index contributed by atoms with van der Waals surface area (Å²) < 4.78 is 5.79. The van der Waals surface area contributed by atoms with Crippen LogP contribution in [0.5, 0.6) is 0 Å². The Morgan fingerprint density at radius 3 is 2.03 bits per heavy atom. The van der Waals surface area contributed by atoms with Gasteiger partial charge in [0, 0.05) is 23.2 Å². The molecule has 5 heteroatoms. The van der Waals surface area contributed by atoms with Crippen molar-refractivity contribution >= 4 is 5.91 Å². The molecule has 0 aliphatic rings. The maximum atomic E-state index is 12.4. The van der Waals surface area contributed by atoms with Crippen LogP contribution in [0.1, 0.15) is 27.0 Å². The summed E-state index contributed by atoms with van der Waals surface area (Å²) in [5.41, 5.74) is 5.66. The van der Waals surface area contributed by atoms with Crippen molar-refractivity contribution in [3.63, 3.8) is 0 Å². The summed E-state index contributed by atoms with van der Waals surface area (Å²) in [6, 6.07) is 23.1.